The maximum atomic E-state index is 12.6. The zero-order valence-corrected chi connectivity index (χ0v) is 14.8. The van der Waals surface area contributed by atoms with E-state index in [0.717, 1.165) is 22.9 Å². The van der Waals surface area contributed by atoms with Crippen LogP contribution in [0.1, 0.15) is 21.6 Å². The van der Waals surface area contributed by atoms with Gasteiger partial charge in [-0.1, -0.05) is 41.9 Å². The van der Waals surface area contributed by atoms with Crippen LogP contribution in [0.15, 0.2) is 48.5 Å². The minimum absolute atomic E-state index is 0.0399. The minimum atomic E-state index is -0.339. The van der Waals surface area contributed by atoms with E-state index in [0.29, 0.717) is 23.7 Å². The molecule has 0 aliphatic carbocycles. The highest BCUT2D eigenvalue weighted by atomic mass is 35.5. The molecule has 0 atom stereocenters. The number of H-pyrrole nitrogens is 1. The number of hydrogen-bond acceptors (Lipinski definition) is 2. The van der Waals surface area contributed by atoms with Crippen molar-refractivity contribution >= 4 is 34.3 Å². The summed E-state index contributed by atoms with van der Waals surface area (Å²) in [5.41, 5.74) is 3.83. The fraction of sp³-hybridized carbons (Fsp3) is 0.200. The fourth-order valence-electron chi connectivity index (χ4n) is 3.39. The lowest BCUT2D eigenvalue weighted by Gasteiger charge is -2.27. The van der Waals surface area contributed by atoms with Gasteiger partial charge in [0, 0.05) is 41.7 Å². The van der Waals surface area contributed by atoms with E-state index in [2.05, 4.69) is 16.4 Å². The number of carbonyl (C=O) groups excluding carboxylic acids is 2. The van der Waals surface area contributed by atoms with E-state index in [1.807, 2.05) is 18.2 Å². The van der Waals surface area contributed by atoms with Gasteiger partial charge in [-0.2, -0.15) is 0 Å². The monoisotopic (exact) mass is 367 g/mol. The molecule has 0 fully saturated rings. The van der Waals surface area contributed by atoms with Crippen LogP contribution in [0.4, 0.5) is 0 Å². The van der Waals surface area contributed by atoms with Gasteiger partial charge in [0.05, 0.1) is 17.1 Å². The quantitative estimate of drug-likeness (QED) is 0.747. The molecular formula is C20H18ClN3O2. The number of carbonyl (C=O) groups is 2. The molecular weight excluding hydrogens is 350 g/mol. The molecule has 2 amide bonds. The van der Waals surface area contributed by atoms with Gasteiger partial charge in [-0.15, -0.1) is 0 Å². The molecule has 1 aliphatic rings. The molecule has 0 spiro atoms. The van der Waals surface area contributed by atoms with E-state index in [1.54, 1.807) is 29.2 Å². The average Bonchev–Trinajstić information content (AvgIpc) is 3.04. The number of fused-ring (bicyclic) bond motifs is 3. The zero-order chi connectivity index (χ0) is 18.1. The van der Waals surface area contributed by atoms with Gasteiger partial charge in [-0.05, 0) is 18.2 Å². The van der Waals surface area contributed by atoms with E-state index in [1.165, 1.54) is 5.69 Å². The van der Waals surface area contributed by atoms with Crippen LogP contribution in [0.5, 0.6) is 0 Å². The Hall–Kier alpha value is -2.79. The van der Waals surface area contributed by atoms with Crippen LogP contribution >= 0.6 is 11.6 Å². The average molecular weight is 368 g/mol. The maximum Gasteiger partial charge on any atom is 0.253 e. The predicted molar refractivity (Wildman–Crippen MR) is 101 cm³/mol. The summed E-state index contributed by atoms with van der Waals surface area (Å²) in [6, 6.07) is 14.9. The first-order valence-corrected chi connectivity index (χ1v) is 8.90. The van der Waals surface area contributed by atoms with Crippen molar-refractivity contribution in [2.75, 3.05) is 13.1 Å². The molecule has 2 N–H and O–H groups in total. The van der Waals surface area contributed by atoms with E-state index in [-0.39, 0.29) is 18.4 Å². The Balaban J connectivity index is 1.43. The summed E-state index contributed by atoms with van der Waals surface area (Å²) in [4.78, 5) is 30.0. The molecule has 0 saturated heterocycles. The predicted octanol–water partition coefficient (Wildman–Crippen LogP) is 3.14. The SMILES string of the molecule is O=C(NCC(=O)N1CCc2[nH]c3ccccc3c2C1)c1ccccc1Cl. The van der Waals surface area contributed by atoms with Crippen LogP contribution < -0.4 is 5.32 Å². The van der Waals surface area contributed by atoms with Gasteiger partial charge in [-0.3, -0.25) is 9.59 Å². The van der Waals surface area contributed by atoms with Gasteiger partial charge in [0.2, 0.25) is 5.91 Å². The lowest BCUT2D eigenvalue weighted by atomic mass is 10.0. The molecule has 0 unspecified atom stereocenters. The summed E-state index contributed by atoms with van der Waals surface area (Å²) in [5.74, 6) is -0.435. The van der Waals surface area contributed by atoms with Crippen LogP contribution in [-0.4, -0.2) is 34.8 Å². The van der Waals surface area contributed by atoms with E-state index in [9.17, 15) is 9.59 Å². The number of aromatic nitrogens is 1. The number of amides is 2. The first kappa shape index (κ1) is 16.7. The van der Waals surface area contributed by atoms with Crippen molar-refractivity contribution in [3.8, 4) is 0 Å². The Morgan fingerprint density at radius 1 is 1.12 bits per heavy atom. The second kappa shape index (κ2) is 6.84. The normalized spacial score (nSPS) is 13.5. The molecule has 2 heterocycles. The molecule has 132 valence electrons. The van der Waals surface area contributed by atoms with Crippen molar-refractivity contribution < 1.29 is 9.59 Å². The molecule has 2 aromatic carbocycles. The van der Waals surface area contributed by atoms with Crippen molar-refractivity contribution in [1.82, 2.24) is 15.2 Å². The molecule has 0 bridgehead atoms. The van der Waals surface area contributed by atoms with Crippen molar-refractivity contribution in [3.05, 3.63) is 70.4 Å². The summed E-state index contributed by atoms with van der Waals surface area (Å²) >= 11 is 6.02. The Kier molecular flexibility index (Phi) is 4.39. The topological polar surface area (TPSA) is 65.2 Å². The van der Waals surface area contributed by atoms with Crippen LogP contribution in [0.25, 0.3) is 10.9 Å². The Labute approximate surface area is 155 Å². The number of halogens is 1. The smallest absolute Gasteiger partial charge is 0.253 e. The third kappa shape index (κ3) is 3.06. The van der Waals surface area contributed by atoms with Crippen molar-refractivity contribution in [1.29, 1.82) is 0 Å². The fourth-order valence-corrected chi connectivity index (χ4v) is 3.61. The lowest BCUT2D eigenvalue weighted by molar-refractivity contribution is -0.131. The third-order valence-corrected chi connectivity index (χ3v) is 5.08. The summed E-state index contributed by atoms with van der Waals surface area (Å²) in [7, 11) is 0. The number of hydrogen-bond donors (Lipinski definition) is 2. The second-order valence-corrected chi connectivity index (χ2v) is 6.76. The molecule has 0 saturated carbocycles. The van der Waals surface area contributed by atoms with Gasteiger partial charge in [-0.25, -0.2) is 0 Å². The molecule has 26 heavy (non-hydrogen) atoms. The molecule has 4 rings (SSSR count). The summed E-state index contributed by atoms with van der Waals surface area (Å²) < 4.78 is 0. The van der Waals surface area contributed by atoms with Gasteiger partial charge in [0.1, 0.15) is 0 Å². The molecule has 3 aromatic rings. The standard InChI is InChI=1S/C20H18ClN3O2/c21-16-7-3-1-6-14(16)20(26)22-11-19(25)24-10-9-18-15(12-24)13-5-2-4-8-17(13)23-18/h1-8,23H,9-12H2,(H,22,26). The highest BCUT2D eigenvalue weighted by Crippen LogP contribution is 2.27. The Morgan fingerprint density at radius 2 is 1.88 bits per heavy atom. The number of benzene rings is 2. The van der Waals surface area contributed by atoms with Crippen LogP contribution in [0.2, 0.25) is 5.02 Å². The highest BCUT2D eigenvalue weighted by Gasteiger charge is 2.24. The van der Waals surface area contributed by atoms with Crippen LogP contribution in [0.3, 0.4) is 0 Å². The largest absolute Gasteiger partial charge is 0.358 e. The summed E-state index contributed by atoms with van der Waals surface area (Å²) in [6.45, 7) is 1.16. The third-order valence-electron chi connectivity index (χ3n) is 4.75. The Morgan fingerprint density at radius 3 is 2.73 bits per heavy atom. The number of nitrogens with one attached hydrogen (secondary N) is 2. The van der Waals surface area contributed by atoms with Crippen molar-refractivity contribution in [2.45, 2.75) is 13.0 Å². The van der Waals surface area contributed by atoms with E-state index >= 15 is 0 Å². The van der Waals surface area contributed by atoms with E-state index < -0.39 is 0 Å². The van der Waals surface area contributed by atoms with Gasteiger partial charge in [0.15, 0.2) is 0 Å². The zero-order valence-electron chi connectivity index (χ0n) is 14.1. The maximum absolute atomic E-state index is 12.6. The lowest BCUT2D eigenvalue weighted by Crippen LogP contribution is -2.42. The molecule has 0 radical (unpaired) electrons. The number of para-hydroxylation sites is 1. The minimum Gasteiger partial charge on any atom is -0.358 e. The first-order valence-electron chi connectivity index (χ1n) is 8.52. The van der Waals surface area contributed by atoms with Crippen LogP contribution in [-0.2, 0) is 17.8 Å². The number of nitrogens with zero attached hydrogens (tertiary/aromatic N) is 1. The van der Waals surface area contributed by atoms with Gasteiger partial charge >= 0.3 is 0 Å². The van der Waals surface area contributed by atoms with Crippen LogP contribution in [0, 0.1) is 0 Å². The molecule has 1 aromatic heterocycles. The molecule has 6 heteroatoms. The molecule has 5 nitrogen and oxygen atoms in total. The number of aromatic amines is 1. The Bertz CT molecular complexity index is 996. The second-order valence-electron chi connectivity index (χ2n) is 6.36. The summed E-state index contributed by atoms with van der Waals surface area (Å²) in [5, 5.41) is 4.20. The number of rotatable bonds is 3. The van der Waals surface area contributed by atoms with Crippen molar-refractivity contribution in [2.24, 2.45) is 0 Å². The molecule has 1 aliphatic heterocycles. The van der Waals surface area contributed by atoms with Crippen molar-refractivity contribution in [3.63, 3.8) is 0 Å². The van der Waals surface area contributed by atoms with Gasteiger partial charge < -0.3 is 15.2 Å². The van der Waals surface area contributed by atoms with E-state index in [4.69, 9.17) is 11.6 Å². The summed E-state index contributed by atoms with van der Waals surface area (Å²) in [6.07, 6.45) is 0.786. The first-order chi connectivity index (χ1) is 12.6. The van der Waals surface area contributed by atoms with Gasteiger partial charge in [0.25, 0.3) is 5.91 Å². The highest BCUT2D eigenvalue weighted by molar-refractivity contribution is 6.33.